The second-order valence-electron chi connectivity index (χ2n) is 7.01. The fourth-order valence-corrected chi connectivity index (χ4v) is 2.67. The molecule has 9 heteroatoms. The maximum absolute atomic E-state index is 12.4. The van der Waals surface area contributed by atoms with Crippen molar-refractivity contribution in [3.63, 3.8) is 0 Å². The van der Waals surface area contributed by atoms with E-state index in [2.05, 4.69) is 5.32 Å². The van der Waals surface area contributed by atoms with E-state index in [4.69, 9.17) is 0 Å². The number of hydrogen-bond acceptors (Lipinski definition) is 5. The van der Waals surface area contributed by atoms with Crippen LogP contribution in [0.5, 0.6) is 0 Å². The smallest absolute Gasteiger partial charge is 0.359 e. The molecule has 3 N–H and O–H groups in total. The fraction of sp³-hybridized carbons (Fsp3) is 0.500. The highest BCUT2D eigenvalue weighted by Gasteiger charge is 2.29. The standard InChI is InChI=1S/C20H29N3O6/c1-4-22(20(28)23(29)17(24)12-8-9-14(2)3)19(27)21-13-16(18(25)26)15-10-6-5-7-11-15/h5-7,10-11,14,16,29H,4,8-9,12-13H2,1-3H3,(H,21,27)(H,25,26). The Hall–Kier alpha value is -2.94. The number of benzene rings is 1. The Balaban J connectivity index is 2.70. The van der Waals surface area contributed by atoms with Crippen LogP contribution in [0.2, 0.25) is 0 Å². The van der Waals surface area contributed by atoms with Crippen LogP contribution in [0, 0.1) is 5.92 Å². The van der Waals surface area contributed by atoms with Gasteiger partial charge in [0, 0.05) is 19.5 Å². The number of imide groups is 2. The van der Waals surface area contributed by atoms with E-state index in [9.17, 15) is 29.5 Å². The average Bonchev–Trinajstić information content (AvgIpc) is 2.68. The van der Waals surface area contributed by atoms with Gasteiger partial charge in [0.15, 0.2) is 0 Å². The molecule has 0 spiro atoms. The second-order valence-corrected chi connectivity index (χ2v) is 7.01. The summed E-state index contributed by atoms with van der Waals surface area (Å²) in [5.74, 6) is -2.54. The van der Waals surface area contributed by atoms with Crippen molar-refractivity contribution in [2.45, 2.75) is 46.0 Å². The van der Waals surface area contributed by atoms with Gasteiger partial charge in [0.25, 0.3) is 5.91 Å². The van der Waals surface area contributed by atoms with E-state index >= 15 is 0 Å². The van der Waals surface area contributed by atoms with Gasteiger partial charge in [-0.25, -0.2) is 14.5 Å². The van der Waals surface area contributed by atoms with Gasteiger partial charge in [-0.15, -0.1) is 5.06 Å². The summed E-state index contributed by atoms with van der Waals surface area (Å²) >= 11 is 0. The van der Waals surface area contributed by atoms with Gasteiger partial charge in [0.2, 0.25) is 0 Å². The molecule has 0 saturated carbocycles. The first-order chi connectivity index (χ1) is 13.7. The van der Waals surface area contributed by atoms with Crippen molar-refractivity contribution < 1.29 is 29.5 Å². The SMILES string of the molecule is CCN(C(=O)NCC(C(=O)O)c1ccccc1)C(=O)N(O)C(=O)CCCC(C)C. The lowest BCUT2D eigenvalue weighted by Crippen LogP contribution is -2.51. The van der Waals surface area contributed by atoms with Crippen molar-refractivity contribution in [3.8, 4) is 0 Å². The van der Waals surface area contributed by atoms with Gasteiger partial charge in [0.1, 0.15) is 0 Å². The Labute approximate surface area is 170 Å². The van der Waals surface area contributed by atoms with Crippen LogP contribution in [0.25, 0.3) is 0 Å². The number of nitrogens with one attached hydrogen (secondary N) is 1. The first kappa shape index (κ1) is 24.1. The lowest BCUT2D eigenvalue weighted by molar-refractivity contribution is -0.154. The Bertz CT molecular complexity index is 707. The highest BCUT2D eigenvalue weighted by atomic mass is 16.5. The number of urea groups is 2. The van der Waals surface area contributed by atoms with Crippen LogP contribution in [0.3, 0.4) is 0 Å². The zero-order valence-corrected chi connectivity index (χ0v) is 17.0. The molecule has 1 atom stereocenters. The minimum atomic E-state index is -1.17. The summed E-state index contributed by atoms with van der Waals surface area (Å²) in [6, 6.07) is 6.29. The van der Waals surface area contributed by atoms with E-state index in [0.717, 1.165) is 6.42 Å². The van der Waals surface area contributed by atoms with Gasteiger partial charge in [-0.2, -0.15) is 0 Å². The Kier molecular flexibility index (Phi) is 9.81. The van der Waals surface area contributed by atoms with Crippen molar-refractivity contribution in [1.29, 1.82) is 0 Å². The van der Waals surface area contributed by atoms with E-state index in [-0.39, 0.29) is 24.6 Å². The van der Waals surface area contributed by atoms with Crippen LogP contribution in [-0.2, 0) is 9.59 Å². The van der Waals surface area contributed by atoms with Crippen LogP contribution >= 0.6 is 0 Å². The molecule has 0 aliphatic heterocycles. The summed E-state index contributed by atoms with van der Waals surface area (Å²) in [5, 5.41) is 21.6. The van der Waals surface area contributed by atoms with Crippen LogP contribution in [0.15, 0.2) is 30.3 Å². The van der Waals surface area contributed by atoms with E-state index in [1.54, 1.807) is 30.3 Å². The highest BCUT2D eigenvalue weighted by Crippen LogP contribution is 2.15. The first-order valence-electron chi connectivity index (χ1n) is 9.57. The molecule has 1 aromatic carbocycles. The molecular formula is C20H29N3O6. The lowest BCUT2D eigenvalue weighted by Gasteiger charge is -2.24. The number of amides is 5. The van der Waals surface area contributed by atoms with Gasteiger partial charge in [0.05, 0.1) is 5.92 Å². The molecule has 0 fully saturated rings. The summed E-state index contributed by atoms with van der Waals surface area (Å²) in [4.78, 5) is 48.8. The number of nitrogens with zero attached hydrogens (tertiary/aromatic N) is 2. The quantitative estimate of drug-likeness (QED) is 0.426. The monoisotopic (exact) mass is 407 g/mol. The van der Waals surface area contributed by atoms with Crippen molar-refractivity contribution in [1.82, 2.24) is 15.3 Å². The van der Waals surface area contributed by atoms with Gasteiger partial charge in [-0.3, -0.25) is 14.8 Å². The molecule has 9 nitrogen and oxygen atoms in total. The van der Waals surface area contributed by atoms with E-state index in [0.29, 0.717) is 22.8 Å². The van der Waals surface area contributed by atoms with Gasteiger partial charge < -0.3 is 10.4 Å². The number of carbonyl (C=O) groups is 4. The molecule has 0 aromatic heterocycles. The van der Waals surface area contributed by atoms with Gasteiger partial charge in [-0.05, 0) is 24.8 Å². The molecular weight excluding hydrogens is 378 g/mol. The summed E-state index contributed by atoms with van der Waals surface area (Å²) < 4.78 is 0. The third kappa shape index (κ3) is 7.53. The largest absolute Gasteiger partial charge is 0.481 e. The van der Waals surface area contributed by atoms with Crippen LogP contribution in [0.1, 0.15) is 51.5 Å². The predicted octanol–water partition coefficient (Wildman–Crippen LogP) is 3.05. The van der Waals surface area contributed by atoms with Crippen molar-refractivity contribution in [3.05, 3.63) is 35.9 Å². The summed E-state index contributed by atoms with van der Waals surface area (Å²) in [7, 11) is 0. The number of hydroxylamine groups is 2. The minimum Gasteiger partial charge on any atom is -0.481 e. The summed E-state index contributed by atoms with van der Waals surface area (Å²) in [5.41, 5.74) is 0.499. The normalized spacial score (nSPS) is 11.6. The maximum atomic E-state index is 12.4. The minimum absolute atomic E-state index is 0.0192. The van der Waals surface area contributed by atoms with Crippen LogP contribution in [-0.4, -0.2) is 57.3 Å². The third-order valence-corrected chi connectivity index (χ3v) is 4.34. The zero-order chi connectivity index (χ0) is 22.0. The third-order valence-electron chi connectivity index (χ3n) is 4.34. The molecule has 29 heavy (non-hydrogen) atoms. The number of rotatable bonds is 9. The number of carboxylic acids is 1. The molecule has 0 aliphatic rings. The van der Waals surface area contributed by atoms with Crippen LogP contribution < -0.4 is 5.32 Å². The number of carbonyl (C=O) groups excluding carboxylic acids is 3. The van der Waals surface area contributed by atoms with Crippen LogP contribution in [0.4, 0.5) is 9.59 Å². The molecule has 0 aliphatic carbocycles. The molecule has 5 amide bonds. The zero-order valence-electron chi connectivity index (χ0n) is 17.0. The fourth-order valence-electron chi connectivity index (χ4n) is 2.67. The van der Waals surface area contributed by atoms with E-state index in [1.165, 1.54) is 6.92 Å². The average molecular weight is 407 g/mol. The molecule has 1 aromatic rings. The van der Waals surface area contributed by atoms with E-state index in [1.807, 2.05) is 13.8 Å². The molecule has 0 bridgehead atoms. The number of carboxylic acid groups (broad SMARTS) is 1. The van der Waals surface area contributed by atoms with Crippen molar-refractivity contribution >= 4 is 23.9 Å². The highest BCUT2D eigenvalue weighted by molar-refractivity contribution is 6.00. The Morgan fingerprint density at radius 3 is 2.24 bits per heavy atom. The summed E-state index contributed by atoms with van der Waals surface area (Å²) in [6.07, 6.45) is 1.26. The lowest BCUT2D eigenvalue weighted by atomic mass is 9.99. The van der Waals surface area contributed by atoms with Gasteiger partial charge >= 0.3 is 18.0 Å². The Morgan fingerprint density at radius 2 is 1.72 bits per heavy atom. The molecule has 160 valence electrons. The molecule has 1 unspecified atom stereocenters. The van der Waals surface area contributed by atoms with Crippen molar-refractivity contribution in [2.75, 3.05) is 13.1 Å². The number of aliphatic carboxylic acids is 1. The summed E-state index contributed by atoms with van der Waals surface area (Å²) in [6.45, 7) is 5.13. The van der Waals surface area contributed by atoms with Crippen molar-refractivity contribution in [2.24, 2.45) is 5.92 Å². The molecule has 1 rings (SSSR count). The maximum Gasteiger partial charge on any atom is 0.359 e. The molecule has 0 saturated heterocycles. The molecule has 0 heterocycles. The topological polar surface area (TPSA) is 127 Å². The first-order valence-corrected chi connectivity index (χ1v) is 9.57. The molecule has 0 radical (unpaired) electrons. The van der Waals surface area contributed by atoms with E-state index < -0.39 is 29.9 Å². The Morgan fingerprint density at radius 1 is 1.10 bits per heavy atom. The number of hydrogen-bond donors (Lipinski definition) is 3. The predicted molar refractivity (Wildman–Crippen MR) is 105 cm³/mol. The second kappa shape index (κ2) is 11.8. The van der Waals surface area contributed by atoms with Gasteiger partial charge in [-0.1, -0.05) is 50.6 Å².